The number of benzene rings is 1. The van der Waals surface area contributed by atoms with Gasteiger partial charge in [-0.2, -0.15) is 0 Å². The molecule has 0 amide bonds. The fraction of sp³-hybridized carbons (Fsp3) is 0.500. The molecule has 110 valence electrons. The van der Waals surface area contributed by atoms with Gasteiger partial charge in [-0.15, -0.1) is 0 Å². The number of methoxy groups -OCH3 is 2. The van der Waals surface area contributed by atoms with Gasteiger partial charge in [-0.1, -0.05) is 12.1 Å². The molecule has 0 fully saturated rings. The van der Waals surface area contributed by atoms with Crippen LogP contribution in [0.4, 0.5) is 0 Å². The first kappa shape index (κ1) is 16.5. The lowest BCUT2D eigenvalue weighted by atomic mass is 9.73. The van der Waals surface area contributed by atoms with Crippen molar-refractivity contribution in [1.29, 1.82) is 0 Å². The lowest BCUT2D eigenvalue weighted by Gasteiger charge is -2.23. The normalized spacial score (nSPS) is 11.1. The highest BCUT2D eigenvalue weighted by atomic mass is 16.5. The maximum atomic E-state index is 11.4. The highest BCUT2D eigenvalue weighted by molar-refractivity contribution is 6.64. The number of rotatable bonds is 5. The van der Waals surface area contributed by atoms with Gasteiger partial charge in [-0.05, 0) is 32.3 Å². The van der Waals surface area contributed by atoms with Crippen LogP contribution in [0.3, 0.4) is 0 Å². The molecule has 0 aromatic heterocycles. The molecule has 0 bridgehead atoms. The molecule has 1 aromatic carbocycles. The summed E-state index contributed by atoms with van der Waals surface area (Å²) in [7, 11) is 2.35. The van der Waals surface area contributed by atoms with Crippen molar-refractivity contribution in [2.45, 2.75) is 32.8 Å². The van der Waals surface area contributed by atoms with E-state index in [0.29, 0.717) is 5.75 Å². The molecule has 6 heteroatoms. The molecule has 0 aliphatic carbocycles. The summed E-state index contributed by atoms with van der Waals surface area (Å²) in [5, 5.41) is 0. The van der Waals surface area contributed by atoms with Crippen LogP contribution in [0.25, 0.3) is 0 Å². The molecule has 20 heavy (non-hydrogen) atoms. The minimum atomic E-state index is -0.558. The standard InChI is InChI=1S/C14H22BNO4/c1-14(2,3)20-15(16)11-6-7-12(18-4)10(8-11)9-13(17)19-5/h6-8H,9,16H2,1-5H3. The fourth-order valence-corrected chi connectivity index (χ4v) is 1.79. The summed E-state index contributed by atoms with van der Waals surface area (Å²) in [5.74, 6) is 0.299. The van der Waals surface area contributed by atoms with Gasteiger partial charge < -0.3 is 19.8 Å². The van der Waals surface area contributed by atoms with Crippen molar-refractivity contribution in [3.63, 3.8) is 0 Å². The molecular formula is C14H22BNO4. The Morgan fingerprint density at radius 2 is 1.95 bits per heavy atom. The Bertz CT molecular complexity index is 471. The highest BCUT2D eigenvalue weighted by Gasteiger charge is 2.23. The van der Waals surface area contributed by atoms with Gasteiger partial charge in [0.05, 0.1) is 20.6 Å². The second kappa shape index (κ2) is 6.77. The van der Waals surface area contributed by atoms with Crippen molar-refractivity contribution in [2.75, 3.05) is 14.2 Å². The molecule has 0 aliphatic heterocycles. The van der Waals surface area contributed by atoms with Crippen LogP contribution >= 0.6 is 0 Å². The van der Waals surface area contributed by atoms with E-state index in [1.54, 1.807) is 13.2 Å². The van der Waals surface area contributed by atoms with Crippen LogP contribution < -0.4 is 15.8 Å². The molecule has 0 saturated carbocycles. The highest BCUT2D eigenvalue weighted by Crippen LogP contribution is 2.18. The molecule has 2 N–H and O–H groups in total. The molecule has 0 atom stereocenters. The number of esters is 1. The zero-order valence-corrected chi connectivity index (χ0v) is 12.7. The first-order chi connectivity index (χ1) is 9.26. The predicted octanol–water partition coefficient (Wildman–Crippen LogP) is 0.880. The van der Waals surface area contributed by atoms with Crippen LogP contribution in [-0.4, -0.2) is 32.8 Å². The average Bonchev–Trinajstić information content (AvgIpc) is 2.36. The minimum Gasteiger partial charge on any atom is -0.496 e. The summed E-state index contributed by atoms with van der Waals surface area (Å²) in [4.78, 5) is 11.4. The van der Waals surface area contributed by atoms with E-state index in [9.17, 15) is 4.79 Å². The second-order valence-electron chi connectivity index (χ2n) is 5.48. The van der Waals surface area contributed by atoms with E-state index in [-0.39, 0.29) is 18.0 Å². The summed E-state index contributed by atoms with van der Waals surface area (Å²) in [6, 6.07) is 5.42. The Labute approximate surface area is 120 Å². The van der Waals surface area contributed by atoms with E-state index in [1.165, 1.54) is 7.11 Å². The number of ether oxygens (including phenoxy) is 2. The summed E-state index contributed by atoms with van der Waals surface area (Å²) >= 11 is 0. The molecule has 0 unspecified atom stereocenters. The third-order valence-electron chi connectivity index (χ3n) is 2.68. The third-order valence-corrected chi connectivity index (χ3v) is 2.68. The molecule has 1 aromatic rings. The molecule has 0 radical (unpaired) electrons. The van der Waals surface area contributed by atoms with E-state index in [4.69, 9.17) is 15.0 Å². The quantitative estimate of drug-likeness (QED) is 0.640. The topological polar surface area (TPSA) is 70.8 Å². The number of carbonyl (C=O) groups excluding carboxylic acids is 1. The van der Waals surface area contributed by atoms with Gasteiger partial charge >= 0.3 is 13.0 Å². The summed E-state index contributed by atoms with van der Waals surface area (Å²) < 4.78 is 15.6. The van der Waals surface area contributed by atoms with Crippen LogP contribution in [0.5, 0.6) is 5.75 Å². The van der Waals surface area contributed by atoms with Gasteiger partial charge in [0.15, 0.2) is 0 Å². The Morgan fingerprint density at radius 1 is 1.30 bits per heavy atom. The monoisotopic (exact) mass is 279 g/mol. The van der Waals surface area contributed by atoms with Crippen molar-refractivity contribution in [3.05, 3.63) is 23.8 Å². The zero-order chi connectivity index (χ0) is 15.3. The van der Waals surface area contributed by atoms with Crippen molar-refractivity contribution in [1.82, 2.24) is 0 Å². The van der Waals surface area contributed by atoms with Crippen LogP contribution in [0.2, 0.25) is 0 Å². The lowest BCUT2D eigenvalue weighted by molar-refractivity contribution is -0.139. The van der Waals surface area contributed by atoms with E-state index in [0.717, 1.165) is 11.0 Å². The van der Waals surface area contributed by atoms with Crippen molar-refractivity contribution < 1.29 is 18.9 Å². The van der Waals surface area contributed by atoms with Gasteiger partial charge in [0.2, 0.25) is 0 Å². The van der Waals surface area contributed by atoms with Crippen molar-refractivity contribution in [2.24, 2.45) is 5.64 Å². The predicted molar refractivity (Wildman–Crippen MR) is 79.1 cm³/mol. The molecular weight excluding hydrogens is 257 g/mol. The van der Waals surface area contributed by atoms with E-state index < -0.39 is 7.05 Å². The van der Waals surface area contributed by atoms with Crippen LogP contribution in [0, 0.1) is 0 Å². The van der Waals surface area contributed by atoms with Crippen molar-refractivity contribution in [3.8, 4) is 5.75 Å². The Hall–Kier alpha value is -1.53. The first-order valence-corrected chi connectivity index (χ1v) is 6.44. The molecule has 0 aliphatic rings. The zero-order valence-electron chi connectivity index (χ0n) is 12.7. The van der Waals surface area contributed by atoms with E-state index >= 15 is 0 Å². The summed E-state index contributed by atoms with van der Waals surface area (Å²) in [6.07, 6.45) is 0.135. The van der Waals surface area contributed by atoms with Crippen molar-refractivity contribution >= 4 is 18.5 Å². The minimum absolute atomic E-state index is 0.135. The number of nitrogens with two attached hydrogens (primary N) is 1. The first-order valence-electron chi connectivity index (χ1n) is 6.44. The van der Waals surface area contributed by atoms with Gasteiger partial charge in [-0.3, -0.25) is 4.79 Å². The molecule has 1 rings (SSSR count). The van der Waals surface area contributed by atoms with E-state index in [1.807, 2.05) is 32.9 Å². The largest absolute Gasteiger partial charge is 0.496 e. The van der Waals surface area contributed by atoms with Gasteiger partial charge in [0.25, 0.3) is 0 Å². The smallest absolute Gasteiger partial charge is 0.413 e. The van der Waals surface area contributed by atoms with E-state index in [2.05, 4.69) is 4.74 Å². The third kappa shape index (κ3) is 4.87. The lowest BCUT2D eigenvalue weighted by Crippen LogP contribution is -2.47. The fourth-order valence-electron chi connectivity index (χ4n) is 1.79. The van der Waals surface area contributed by atoms with Crippen LogP contribution in [0.15, 0.2) is 18.2 Å². The Kier molecular flexibility index (Phi) is 5.59. The maximum Gasteiger partial charge on any atom is 0.413 e. The Morgan fingerprint density at radius 3 is 2.45 bits per heavy atom. The van der Waals surface area contributed by atoms with Crippen LogP contribution in [-0.2, 0) is 20.6 Å². The van der Waals surface area contributed by atoms with Gasteiger partial charge in [-0.25, -0.2) is 0 Å². The second-order valence-corrected chi connectivity index (χ2v) is 5.48. The van der Waals surface area contributed by atoms with Gasteiger partial charge in [0, 0.05) is 11.2 Å². The molecule has 5 nitrogen and oxygen atoms in total. The van der Waals surface area contributed by atoms with Crippen LogP contribution in [0.1, 0.15) is 26.3 Å². The molecule has 0 saturated heterocycles. The summed E-state index contributed by atoms with van der Waals surface area (Å²) in [5.41, 5.74) is 7.20. The number of hydrogen-bond donors (Lipinski definition) is 1. The summed E-state index contributed by atoms with van der Waals surface area (Å²) in [6.45, 7) is 5.81. The van der Waals surface area contributed by atoms with Gasteiger partial charge in [0.1, 0.15) is 5.75 Å². The SMILES string of the molecule is COC(=O)Cc1cc(B(N)OC(C)(C)C)ccc1OC. The Balaban J connectivity index is 2.99. The number of hydrogen-bond acceptors (Lipinski definition) is 5. The average molecular weight is 279 g/mol. The molecule has 0 heterocycles. The molecule has 0 spiro atoms. The number of carbonyl (C=O) groups is 1. The maximum absolute atomic E-state index is 11.4.